The normalized spacial score (nSPS) is 19.9. The van der Waals surface area contributed by atoms with Crippen molar-refractivity contribution in [3.63, 3.8) is 0 Å². The third kappa shape index (κ3) is 17.7. The van der Waals surface area contributed by atoms with Crippen LogP contribution in [0.3, 0.4) is 0 Å². The van der Waals surface area contributed by atoms with Gasteiger partial charge in [-0.2, -0.15) is 46.7 Å². The van der Waals surface area contributed by atoms with Crippen LogP contribution < -0.4 is 4.90 Å². The Balaban J connectivity index is 1.27. The zero-order chi connectivity index (χ0) is 69.5. The van der Waals surface area contributed by atoms with Crippen molar-refractivity contribution in [1.29, 1.82) is 0 Å². The smallest absolute Gasteiger partial charge is 0.333 e. The van der Waals surface area contributed by atoms with E-state index in [0.29, 0.717) is 89.2 Å². The Morgan fingerprint density at radius 1 is 0.600 bits per heavy atom. The third-order valence-electron chi connectivity index (χ3n) is 16.8. The van der Waals surface area contributed by atoms with Crippen molar-refractivity contribution in [2.75, 3.05) is 104 Å². The van der Waals surface area contributed by atoms with Crippen LogP contribution in [0.2, 0.25) is 0 Å². The molecule has 1 saturated heterocycles. The third-order valence-corrected chi connectivity index (χ3v) is 21.6. The fourth-order valence-electron chi connectivity index (χ4n) is 12.4. The van der Waals surface area contributed by atoms with E-state index in [-0.39, 0.29) is 143 Å². The number of carbonyl (C=O) groups is 3. The van der Waals surface area contributed by atoms with Crippen molar-refractivity contribution in [1.82, 2.24) is 5.06 Å². The number of benzene rings is 4. The van der Waals surface area contributed by atoms with E-state index in [9.17, 15) is 79.2 Å². The molecule has 520 valence electrons. The molecule has 0 spiro atoms. The van der Waals surface area contributed by atoms with Gasteiger partial charge < -0.3 is 38.2 Å². The zero-order valence-electron chi connectivity index (χ0n) is 52.4. The van der Waals surface area contributed by atoms with Crippen LogP contribution in [0.15, 0.2) is 114 Å². The Labute approximate surface area is 555 Å². The lowest BCUT2D eigenvalue weighted by Crippen LogP contribution is -2.33. The standard InChI is InChI=1S/C61H74ClN3O25S5/c1-60(21-7-35-91(69,70)71)52(64(24-26-87-29-27-84-3)49-16-14-44-46(57(49)60)36-42(92(72,73)74)38-50(44)94(78,79)80)17-11-40-8-5-9-41(59(40)62)12-18-53-61(2,22-25-86-31-32-89-34-33-88-30-28-85-4)58-47-37-43(93(75,76)77)39-51(95(81,82)83)45(47)13-15-48(58)63(53)23-6-10-56(68)90-65-54(66)19-20-55(65)67/h11-18,36-39H,5-10,19-35H2,1-4H3,(H4-,69,70,71,72,73,74,75,76,77,78,79,80,81,82,83)/p+1. The number of ether oxygens (including phenoxy) is 6. The summed E-state index contributed by atoms with van der Waals surface area (Å²) in [7, 11) is -22.2. The van der Waals surface area contributed by atoms with Crippen molar-refractivity contribution >= 4 is 119 Å². The maximum atomic E-state index is 13.3. The van der Waals surface area contributed by atoms with Gasteiger partial charge in [0.1, 0.15) is 16.4 Å². The lowest BCUT2D eigenvalue weighted by molar-refractivity contribution is -0.442. The van der Waals surface area contributed by atoms with Crippen LogP contribution in [0, 0.1) is 0 Å². The van der Waals surface area contributed by atoms with E-state index in [2.05, 4.69) is 0 Å². The maximum absolute atomic E-state index is 13.3. The highest BCUT2D eigenvalue weighted by Crippen LogP contribution is 2.55. The molecule has 95 heavy (non-hydrogen) atoms. The number of hydrogen-bond donors (Lipinski definition) is 5. The predicted molar refractivity (Wildman–Crippen MR) is 345 cm³/mol. The number of halogens is 1. The van der Waals surface area contributed by atoms with E-state index in [1.165, 1.54) is 19.2 Å². The molecule has 0 radical (unpaired) electrons. The summed E-state index contributed by atoms with van der Waals surface area (Å²) < 4.78 is 215. The van der Waals surface area contributed by atoms with Gasteiger partial charge in [0.2, 0.25) is 5.69 Å². The topological polar surface area (TPSA) is 397 Å². The Morgan fingerprint density at radius 3 is 1.68 bits per heavy atom. The summed E-state index contributed by atoms with van der Waals surface area (Å²) >= 11 is 7.47. The van der Waals surface area contributed by atoms with Crippen LogP contribution in [0.4, 0.5) is 11.4 Å². The highest BCUT2D eigenvalue weighted by Gasteiger charge is 2.50. The molecule has 0 saturated carbocycles. The molecule has 28 nitrogen and oxygen atoms in total. The number of rotatable bonds is 34. The molecule has 4 aliphatic rings. The second-order valence-corrected chi connectivity index (χ2v) is 30.8. The molecule has 8 rings (SSSR count). The molecule has 1 aliphatic carbocycles. The van der Waals surface area contributed by atoms with Crippen LogP contribution in [0.25, 0.3) is 21.5 Å². The van der Waals surface area contributed by atoms with E-state index >= 15 is 0 Å². The number of amides is 2. The molecular formula is C61H75ClN3O25S5+. The SMILES string of the molecule is COCCOCCOCCOCCC1(C)/C(=C\C=C2/CCCC(/C=C/C3=[N+](CCOCCOC)c4ccc5c(S(=O)(=O)O)cc(S(=O)(=O)O)cc5c4C3(C)CCCS(=O)(=O)O)=C2Cl)N(CCCC(=O)ON2C(=O)CCC2=O)c2ccc3c(S(=O)(=O)O)cc(S(=O)(=O)O)cc3c21. The van der Waals surface area contributed by atoms with Crippen molar-refractivity contribution in [3.05, 3.63) is 106 Å². The first kappa shape index (κ1) is 74.8. The summed E-state index contributed by atoms with van der Waals surface area (Å²) in [5, 5.41) is 0.413. The highest BCUT2D eigenvalue weighted by molar-refractivity contribution is 7.87. The summed E-state index contributed by atoms with van der Waals surface area (Å²) in [6.45, 7) is 5.60. The Morgan fingerprint density at radius 2 is 1.14 bits per heavy atom. The highest BCUT2D eigenvalue weighted by atomic mass is 35.5. The summed E-state index contributed by atoms with van der Waals surface area (Å²) in [5.74, 6) is -3.00. The average molecular weight is 1450 g/mol. The minimum atomic E-state index is -5.18. The molecule has 4 aromatic carbocycles. The van der Waals surface area contributed by atoms with Gasteiger partial charge in [-0.05, 0) is 129 Å². The van der Waals surface area contributed by atoms with E-state index in [4.69, 9.17) is 44.9 Å². The van der Waals surface area contributed by atoms with E-state index in [1.54, 1.807) is 62.3 Å². The summed E-state index contributed by atoms with van der Waals surface area (Å²) in [5.41, 5.74) is 0.771. The minimum absolute atomic E-state index is 0.00232. The van der Waals surface area contributed by atoms with Crippen molar-refractivity contribution in [3.8, 4) is 0 Å². The first-order valence-electron chi connectivity index (χ1n) is 30.0. The number of nitrogens with zero attached hydrogens (tertiary/aromatic N) is 3. The van der Waals surface area contributed by atoms with Gasteiger partial charge in [-0.25, -0.2) is 4.79 Å². The molecule has 3 aliphatic heterocycles. The molecule has 5 N–H and O–H groups in total. The van der Waals surface area contributed by atoms with Crippen LogP contribution in [0.5, 0.6) is 0 Å². The second kappa shape index (κ2) is 30.8. The predicted octanol–water partition coefficient (Wildman–Crippen LogP) is 6.96. The summed E-state index contributed by atoms with van der Waals surface area (Å²) in [4.78, 5) is 41.7. The number of anilines is 1. The first-order chi connectivity index (χ1) is 44.6. The number of hydrogen-bond acceptors (Lipinski definition) is 21. The van der Waals surface area contributed by atoms with Gasteiger partial charge >= 0.3 is 5.97 Å². The van der Waals surface area contributed by atoms with Crippen LogP contribution in [-0.4, -0.2) is 197 Å². The molecular weight excluding hydrogens is 1370 g/mol. The van der Waals surface area contributed by atoms with E-state index in [1.807, 2.05) is 4.58 Å². The van der Waals surface area contributed by atoms with Crippen LogP contribution in [-0.2, 0) is 109 Å². The number of allylic oxidation sites excluding steroid dienone is 8. The minimum Gasteiger partial charge on any atom is -0.382 e. The number of hydroxylamine groups is 2. The van der Waals surface area contributed by atoms with Crippen molar-refractivity contribution < 1.29 is 117 Å². The van der Waals surface area contributed by atoms with Gasteiger partial charge in [-0.15, -0.1) is 5.06 Å². The largest absolute Gasteiger partial charge is 0.382 e. The van der Waals surface area contributed by atoms with Crippen molar-refractivity contribution in [2.45, 2.75) is 108 Å². The molecule has 0 aromatic heterocycles. The molecule has 3 heterocycles. The van der Waals surface area contributed by atoms with Gasteiger partial charge in [-0.1, -0.05) is 29.8 Å². The Bertz CT molecular complexity index is 4400. The summed E-state index contributed by atoms with van der Waals surface area (Å²) in [6.07, 6.45) is 7.47. The lowest BCUT2D eigenvalue weighted by atomic mass is 9.74. The quantitative estimate of drug-likeness (QED) is 0.0136. The molecule has 34 heteroatoms. The monoisotopic (exact) mass is 1440 g/mol. The van der Waals surface area contributed by atoms with Gasteiger partial charge in [0.05, 0.1) is 73.8 Å². The van der Waals surface area contributed by atoms with Gasteiger partial charge in [0, 0.05) is 96.9 Å². The Kier molecular flexibility index (Phi) is 24.3. The average Bonchev–Trinajstić information content (AvgIpc) is 1.60. The van der Waals surface area contributed by atoms with E-state index < -0.39 is 105 Å². The number of carbonyl (C=O) groups excluding carboxylic acids is 3. The van der Waals surface area contributed by atoms with Crippen LogP contribution in [0.1, 0.15) is 89.2 Å². The van der Waals surface area contributed by atoms with Gasteiger partial charge in [0.25, 0.3) is 62.4 Å². The molecule has 2 atom stereocenters. The molecule has 4 aromatic rings. The summed E-state index contributed by atoms with van der Waals surface area (Å²) in [6, 6.07) is 9.22. The molecule has 1 fully saturated rings. The molecule has 0 bridgehead atoms. The molecule has 2 unspecified atom stereocenters. The van der Waals surface area contributed by atoms with Gasteiger partial charge in [-0.3, -0.25) is 32.4 Å². The lowest BCUT2D eigenvalue weighted by Gasteiger charge is -2.31. The zero-order valence-corrected chi connectivity index (χ0v) is 57.2. The fourth-order valence-corrected chi connectivity index (χ4v) is 15.9. The Hall–Kier alpha value is -5.96. The molecule has 2 amide bonds. The second-order valence-electron chi connectivity index (χ2n) is 23.2. The van der Waals surface area contributed by atoms with Crippen LogP contribution >= 0.6 is 11.6 Å². The maximum Gasteiger partial charge on any atom is 0.333 e. The number of fused-ring (bicyclic) bond motifs is 6. The van der Waals surface area contributed by atoms with Gasteiger partial charge in [0.15, 0.2) is 12.3 Å². The van der Waals surface area contributed by atoms with E-state index in [0.717, 1.165) is 12.1 Å². The number of imide groups is 1. The fraction of sp³-hybridized carbons (Fsp3) is 0.475. The first-order valence-corrected chi connectivity index (χ1v) is 37.7. The van der Waals surface area contributed by atoms with Crippen molar-refractivity contribution in [2.24, 2.45) is 0 Å². The number of methoxy groups -OCH3 is 2.